The maximum atomic E-state index is 13.1. The second kappa shape index (κ2) is 8.36. The van der Waals surface area contributed by atoms with Gasteiger partial charge in [0, 0.05) is 37.0 Å². The van der Waals surface area contributed by atoms with Crippen molar-refractivity contribution in [3.8, 4) is 0 Å². The number of pyridine rings is 1. The van der Waals surface area contributed by atoms with Crippen LogP contribution in [0.4, 0.5) is 10.8 Å². The number of aliphatic hydroxyl groups is 1. The molecule has 0 radical (unpaired) electrons. The average Bonchev–Trinajstić information content (AvgIpc) is 3.31. The SMILES string of the molecule is CC(=O)c1sc(N2C(=O)C(=O)/C(=C(/O)c3ccncc3)C2c2ccc([N+](=O)[O-])cc2)nc1C. The van der Waals surface area contributed by atoms with Crippen LogP contribution in [0.2, 0.25) is 0 Å². The monoisotopic (exact) mass is 464 g/mol. The zero-order valence-electron chi connectivity index (χ0n) is 17.4. The Morgan fingerprint density at radius 1 is 1.15 bits per heavy atom. The molecule has 0 spiro atoms. The van der Waals surface area contributed by atoms with Gasteiger partial charge in [0.05, 0.1) is 27.1 Å². The number of aliphatic hydroxyl groups excluding tert-OH is 1. The first-order chi connectivity index (χ1) is 15.7. The lowest BCUT2D eigenvalue weighted by atomic mass is 9.95. The summed E-state index contributed by atoms with van der Waals surface area (Å²) in [4.78, 5) is 58.2. The number of nitrogens with zero attached hydrogens (tertiary/aromatic N) is 4. The minimum absolute atomic E-state index is 0.108. The molecule has 33 heavy (non-hydrogen) atoms. The Hall–Kier alpha value is -4.25. The number of non-ortho nitro benzene ring substituents is 1. The van der Waals surface area contributed by atoms with Crippen LogP contribution < -0.4 is 4.90 Å². The molecule has 1 N–H and O–H groups in total. The molecule has 1 amide bonds. The number of nitro groups is 1. The van der Waals surface area contributed by atoms with Gasteiger partial charge in [0.25, 0.3) is 11.5 Å². The van der Waals surface area contributed by atoms with Gasteiger partial charge in [0.15, 0.2) is 10.9 Å². The van der Waals surface area contributed by atoms with Crippen LogP contribution in [-0.4, -0.2) is 37.5 Å². The van der Waals surface area contributed by atoms with Crippen LogP contribution in [0.3, 0.4) is 0 Å². The molecule has 0 bridgehead atoms. The van der Waals surface area contributed by atoms with Crippen LogP contribution in [0, 0.1) is 17.0 Å². The van der Waals surface area contributed by atoms with Crippen LogP contribution in [-0.2, 0) is 9.59 Å². The second-order valence-electron chi connectivity index (χ2n) is 7.22. The molecule has 4 rings (SSSR count). The summed E-state index contributed by atoms with van der Waals surface area (Å²) in [6.07, 6.45) is 2.85. The van der Waals surface area contributed by atoms with E-state index in [0.29, 0.717) is 16.1 Å². The van der Waals surface area contributed by atoms with Crippen molar-refractivity contribution in [2.45, 2.75) is 19.9 Å². The van der Waals surface area contributed by atoms with E-state index in [4.69, 9.17) is 0 Å². The van der Waals surface area contributed by atoms with Gasteiger partial charge < -0.3 is 5.11 Å². The highest BCUT2D eigenvalue weighted by molar-refractivity contribution is 7.18. The minimum atomic E-state index is -1.11. The van der Waals surface area contributed by atoms with E-state index in [2.05, 4.69) is 9.97 Å². The summed E-state index contributed by atoms with van der Waals surface area (Å²) in [5.74, 6) is -2.53. The van der Waals surface area contributed by atoms with Crippen LogP contribution in [0.1, 0.15) is 39.5 Å². The zero-order chi connectivity index (χ0) is 23.9. The fourth-order valence-corrected chi connectivity index (χ4v) is 4.59. The molecule has 3 heterocycles. The van der Waals surface area contributed by atoms with Gasteiger partial charge in [-0.05, 0) is 36.8 Å². The summed E-state index contributed by atoms with van der Waals surface area (Å²) in [6, 6.07) is 7.17. The Morgan fingerprint density at radius 2 is 1.79 bits per heavy atom. The van der Waals surface area contributed by atoms with Crippen molar-refractivity contribution >= 4 is 45.4 Å². The van der Waals surface area contributed by atoms with Gasteiger partial charge in [-0.25, -0.2) is 4.98 Å². The Bertz CT molecular complexity index is 1330. The molecule has 10 nitrogen and oxygen atoms in total. The lowest BCUT2D eigenvalue weighted by Gasteiger charge is -2.22. The molecule has 2 aromatic heterocycles. The van der Waals surface area contributed by atoms with E-state index in [1.54, 1.807) is 6.92 Å². The number of aryl methyl sites for hydroxylation is 1. The van der Waals surface area contributed by atoms with E-state index < -0.39 is 28.4 Å². The van der Waals surface area contributed by atoms with Gasteiger partial charge >= 0.3 is 5.91 Å². The molecule has 1 aliphatic heterocycles. The molecule has 0 aliphatic carbocycles. The highest BCUT2D eigenvalue weighted by Crippen LogP contribution is 2.44. The highest BCUT2D eigenvalue weighted by Gasteiger charge is 2.48. The Morgan fingerprint density at radius 3 is 2.33 bits per heavy atom. The fraction of sp³-hybridized carbons (Fsp3) is 0.136. The lowest BCUT2D eigenvalue weighted by Crippen LogP contribution is -2.29. The van der Waals surface area contributed by atoms with Gasteiger partial charge in [-0.3, -0.25) is 34.4 Å². The molecule has 1 atom stereocenters. The smallest absolute Gasteiger partial charge is 0.301 e. The molecule has 1 unspecified atom stereocenters. The zero-order valence-corrected chi connectivity index (χ0v) is 18.2. The van der Waals surface area contributed by atoms with Crippen LogP contribution in [0.15, 0.2) is 54.4 Å². The third kappa shape index (κ3) is 3.78. The molecule has 166 valence electrons. The largest absolute Gasteiger partial charge is 0.507 e. The number of carbonyl (C=O) groups excluding carboxylic acids is 3. The predicted octanol–water partition coefficient (Wildman–Crippen LogP) is 3.58. The fourth-order valence-electron chi connectivity index (χ4n) is 3.60. The van der Waals surface area contributed by atoms with E-state index in [9.17, 15) is 29.6 Å². The first-order valence-electron chi connectivity index (χ1n) is 9.64. The number of aromatic nitrogens is 2. The number of carbonyl (C=O) groups is 3. The molecule has 3 aromatic rings. The summed E-state index contributed by atoms with van der Waals surface area (Å²) in [7, 11) is 0. The van der Waals surface area contributed by atoms with Crippen molar-refractivity contribution in [2.75, 3.05) is 4.90 Å². The van der Waals surface area contributed by atoms with Crippen LogP contribution in [0.25, 0.3) is 5.76 Å². The number of amides is 1. The van der Waals surface area contributed by atoms with E-state index in [1.165, 1.54) is 55.7 Å². The standard InChI is InChI=1S/C22H16N4O6S/c1-11-20(12(2)27)33-22(24-11)25-17(13-3-5-15(6-4-13)26(31)32)16(19(29)21(25)30)18(28)14-7-9-23-10-8-14/h3-10,17,28H,1-2H3/b18-16+. The van der Waals surface area contributed by atoms with Gasteiger partial charge in [0.1, 0.15) is 5.76 Å². The third-order valence-corrected chi connectivity index (χ3v) is 6.39. The summed E-state index contributed by atoms with van der Waals surface area (Å²) in [5, 5.41) is 22.2. The molecule has 1 saturated heterocycles. The number of rotatable bonds is 5. The quantitative estimate of drug-likeness (QED) is 0.151. The molecule has 1 aromatic carbocycles. The van der Waals surface area contributed by atoms with Crippen molar-refractivity contribution in [3.63, 3.8) is 0 Å². The number of ketones is 2. The van der Waals surface area contributed by atoms with E-state index in [1.807, 2.05) is 0 Å². The number of anilines is 1. The highest BCUT2D eigenvalue weighted by atomic mass is 32.1. The average molecular weight is 464 g/mol. The normalized spacial score (nSPS) is 17.4. The maximum Gasteiger partial charge on any atom is 0.301 e. The van der Waals surface area contributed by atoms with Crippen molar-refractivity contribution in [1.29, 1.82) is 0 Å². The maximum absolute atomic E-state index is 13.1. The summed E-state index contributed by atoms with van der Waals surface area (Å²) in [5.41, 5.74) is 0.661. The minimum Gasteiger partial charge on any atom is -0.507 e. The summed E-state index contributed by atoms with van der Waals surface area (Å²) >= 11 is 0.956. The summed E-state index contributed by atoms with van der Waals surface area (Å²) < 4.78 is 0. The number of nitro benzene ring substituents is 1. The van der Waals surface area contributed by atoms with Crippen LogP contribution in [0.5, 0.6) is 0 Å². The van der Waals surface area contributed by atoms with E-state index in [-0.39, 0.29) is 27.7 Å². The Kier molecular flexibility index (Phi) is 5.56. The third-order valence-electron chi connectivity index (χ3n) is 5.13. The molecule has 0 saturated carbocycles. The number of hydrogen-bond donors (Lipinski definition) is 1. The Labute approximate surface area is 191 Å². The van der Waals surface area contributed by atoms with Crippen molar-refractivity contribution in [2.24, 2.45) is 0 Å². The van der Waals surface area contributed by atoms with Crippen molar-refractivity contribution < 1.29 is 24.4 Å². The lowest BCUT2D eigenvalue weighted by molar-refractivity contribution is -0.384. The van der Waals surface area contributed by atoms with Crippen molar-refractivity contribution in [3.05, 3.63) is 86.2 Å². The van der Waals surface area contributed by atoms with Gasteiger partial charge in [0.2, 0.25) is 0 Å². The van der Waals surface area contributed by atoms with E-state index in [0.717, 1.165) is 16.2 Å². The van der Waals surface area contributed by atoms with Crippen molar-refractivity contribution in [1.82, 2.24) is 9.97 Å². The number of benzene rings is 1. The first-order valence-corrected chi connectivity index (χ1v) is 10.5. The number of hydrogen-bond acceptors (Lipinski definition) is 9. The molecule has 1 fully saturated rings. The Balaban J connectivity index is 1.94. The molecular formula is C22H16N4O6S. The van der Waals surface area contributed by atoms with Gasteiger partial charge in [-0.2, -0.15) is 0 Å². The number of Topliss-reactive ketones (excluding diaryl/α,β-unsaturated/α-hetero) is 2. The molecular weight excluding hydrogens is 448 g/mol. The molecule has 1 aliphatic rings. The van der Waals surface area contributed by atoms with Gasteiger partial charge in [-0.15, -0.1) is 0 Å². The van der Waals surface area contributed by atoms with Gasteiger partial charge in [-0.1, -0.05) is 11.3 Å². The van der Waals surface area contributed by atoms with E-state index >= 15 is 0 Å². The molecule has 11 heteroatoms. The predicted molar refractivity (Wildman–Crippen MR) is 119 cm³/mol. The first kappa shape index (κ1) is 22.0. The summed E-state index contributed by atoms with van der Waals surface area (Å²) in [6.45, 7) is 2.99. The number of thiazole rings is 1. The van der Waals surface area contributed by atoms with Crippen LogP contribution >= 0.6 is 11.3 Å². The topological polar surface area (TPSA) is 144 Å². The second-order valence-corrected chi connectivity index (χ2v) is 8.20.